The molecular formula is C25H23ClN8O2. The van der Waals surface area contributed by atoms with Gasteiger partial charge in [0.25, 0.3) is 0 Å². The van der Waals surface area contributed by atoms with E-state index < -0.39 is 0 Å². The Hall–Kier alpha value is -4.70. The van der Waals surface area contributed by atoms with Gasteiger partial charge in [-0.05, 0) is 42.5 Å². The summed E-state index contributed by atoms with van der Waals surface area (Å²) in [6.07, 6.45) is 4.32. The van der Waals surface area contributed by atoms with Crippen LogP contribution in [0.15, 0.2) is 85.3 Å². The first-order valence-corrected chi connectivity index (χ1v) is 11.2. The number of fused-ring (bicyclic) bond motifs is 1. The van der Waals surface area contributed by atoms with Crippen molar-refractivity contribution in [2.75, 3.05) is 27.5 Å². The van der Waals surface area contributed by atoms with E-state index in [4.69, 9.17) is 17.0 Å². The van der Waals surface area contributed by atoms with E-state index in [1.54, 1.807) is 42.4 Å². The van der Waals surface area contributed by atoms with Gasteiger partial charge in [-0.15, -0.1) is 0 Å². The van der Waals surface area contributed by atoms with Crippen LogP contribution in [0.1, 0.15) is 5.56 Å². The highest BCUT2D eigenvalue weighted by molar-refractivity contribution is 6.68. The van der Waals surface area contributed by atoms with Gasteiger partial charge in [0.15, 0.2) is 5.82 Å². The monoisotopic (exact) mass is 502 g/mol. The van der Waals surface area contributed by atoms with Crippen LogP contribution in [0.2, 0.25) is 0 Å². The van der Waals surface area contributed by atoms with Crippen LogP contribution < -0.4 is 25.8 Å². The van der Waals surface area contributed by atoms with Crippen LogP contribution in [-0.2, 0) is 11.3 Å². The number of hydrogen-bond donors (Lipinski definition) is 4. The molecule has 3 amide bonds. The number of urea groups is 1. The van der Waals surface area contributed by atoms with Gasteiger partial charge in [0.2, 0.25) is 11.9 Å². The summed E-state index contributed by atoms with van der Waals surface area (Å²) in [7, 11) is 1.68. The molecule has 0 bridgehead atoms. The zero-order valence-corrected chi connectivity index (χ0v) is 20.1. The summed E-state index contributed by atoms with van der Waals surface area (Å²) >= 11 is 5.86. The van der Waals surface area contributed by atoms with E-state index in [9.17, 15) is 9.59 Å². The third kappa shape index (κ3) is 5.18. The van der Waals surface area contributed by atoms with Gasteiger partial charge in [-0.3, -0.25) is 15.1 Å². The summed E-state index contributed by atoms with van der Waals surface area (Å²) < 4.78 is 0. The smallest absolute Gasteiger partial charge is 0.335 e. The van der Waals surface area contributed by atoms with E-state index in [2.05, 4.69) is 32.5 Å². The maximum Gasteiger partial charge on any atom is 0.335 e. The van der Waals surface area contributed by atoms with Crippen molar-refractivity contribution in [1.29, 1.82) is 5.41 Å². The highest BCUT2D eigenvalue weighted by atomic mass is 35.5. The second-order valence-electron chi connectivity index (χ2n) is 7.61. The molecule has 0 atom stereocenters. The molecular weight excluding hydrogens is 480 g/mol. The molecule has 0 saturated carbocycles. The molecule has 1 aromatic heterocycles. The molecule has 1 aliphatic rings. The van der Waals surface area contributed by atoms with Crippen molar-refractivity contribution < 1.29 is 9.59 Å². The number of carbonyl (C=O) groups is 2. The van der Waals surface area contributed by atoms with Crippen LogP contribution in [0.3, 0.4) is 0 Å². The summed E-state index contributed by atoms with van der Waals surface area (Å²) in [6.45, 7) is 3.72. The SMILES string of the molecule is C=CC(=O)Nc1ccc(N2C(=O)N(c3ccccc3)Cc3cnc(N/C(=C/NC)C(=N)Cl)nc32)cc1. The Labute approximate surface area is 212 Å². The number of nitrogens with zero attached hydrogens (tertiary/aromatic N) is 4. The number of carbonyl (C=O) groups excluding carboxylic acids is 2. The van der Waals surface area contributed by atoms with Gasteiger partial charge in [-0.1, -0.05) is 36.4 Å². The van der Waals surface area contributed by atoms with Gasteiger partial charge in [0.1, 0.15) is 5.17 Å². The second kappa shape index (κ2) is 10.7. The van der Waals surface area contributed by atoms with E-state index >= 15 is 0 Å². The van der Waals surface area contributed by atoms with Crippen molar-refractivity contribution in [3.05, 3.63) is 90.9 Å². The van der Waals surface area contributed by atoms with Crippen molar-refractivity contribution >= 4 is 57.5 Å². The lowest BCUT2D eigenvalue weighted by atomic mass is 10.1. The van der Waals surface area contributed by atoms with Gasteiger partial charge in [-0.25, -0.2) is 14.7 Å². The number of amides is 3. The van der Waals surface area contributed by atoms with Crippen molar-refractivity contribution in [2.24, 2.45) is 0 Å². The van der Waals surface area contributed by atoms with E-state index in [1.807, 2.05) is 30.3 Å². The third-order valence-corrected chi connectivity index (χ3v) is 5.43. The van der Waals surface area contributed by atoms with E-state index in [0.717, 1.165) is 5.69 Å². The zero-order chi connectivity index (χ0) is 25.7. The average Bonchev–Trinajstić information content (AvgIpc) is 2.89. The molecule has 36 heavy (non-hydrogen) atoms. The molecule has 4 N–H and O–H groups in total. The largest absolute Gasteiger partial charge is 0.392 e. The molecule has 1 aliphatic heterocycles. The molecule has 2 heterocycles. The Morgan fingerprint density at radius 2 is 1.83 bits per heavy atom. The Bertz CT molecular complexity index is 1340. The maximum absolute atomic E-state index is 13.8. The van der Waals surface area contributed by atoms with Crippen molar-refractivity contribution in [2.45, 2.75) is 6.54 Å². The van der Waals surface area contributed by atoms with Gasteiger partial charge in [0, 0.05) is 36.4 Å². The Morgan fingerprint density at radius 1 is 1.11 bits per heavy atom. The predicted octanol–water partition coefficient (Wildman–Crippen LogP) is 4.57. The Balaban J connectivity index is 1.77. The van der Waals surface area contributed by atoms with E-state index in [0.29, 0.717) is 22.8 Å². The third-order valence-electron chi connectivity index (χ3n) is 5.22. The van der Waals surface area contributed by atoms with Crippen LogP contribution in [0, 0.1) is 5.41 Å². The standard InChI is InChI=1S/C25H23ClN8O2/c1-3-21(35)30-17-9-11-19(12-10-17)34-23-16(15-33(25(34)36)18-7-5-4-6-8-18)13-29-24(32-23)31-20(14-28-2)22(26)27/h3-14,27-28H,1,15H2,2H3,(H,30,35)(H,29,31,32)/b20-14+,27-22?. The summed E-state index contributed by atoms with van der Waals surface area (Å²) in [5.41, 5.74) is 2.80. The average molecular weight is 503 g/mol. The number of allylic oxidation sites excluding steroid dienone is 1. The number of nitrogens with one attached hydrogen (secondary N) is 4. The zero-order valence-electron chi connectivity index (χ0n) is 19.3. The fourth-order valence-electron chi connectivity index (χ4n) is 3.56. The first kappa shape index (κ1) is 24.4. The van der Waals surface area contributed by atoms with Crippen molar-refractivity contribution in [3.63, 3.8) is 0 Å². The normalized spacial score (nSPS) is 13.1. The Kier molecular flexibility index (Phi) is 7.26. The fraction of sp³-hybridized carbons (Fsp3) is 0.0800. The lowest BCUT2D eigenvalue weighted by molar-refractivity contribution is -0.111. The molecule has 10 nitrogen and oxygen atoms in total. The van der Waals surface area contributed by atoms with E-state index in [-0.39, 0.29) is 35.3 Å². The van der Waals surface area contributed by atoms with Gasteiger partial charge in [-0.2, -0.15) is 4.98 Å². The number of halogens is 1. The second-order valence-corrected chi connectivity index (χ2v) is 7.99. The minimum Gasteiger partial charge on any atom is -0.392 e. The number of benzene rings is 2. The molecule has 0 fully saturated rings. The van der Waals surface area contributed by atoms with Crippen LogP contribution >= 0.6 is 11.6 Å². The quantitative estimate of drug-likeness (QED) is 0.264. The lowest BCUT2D eigenvalue weighted by Crippen LogP contribution is -2.45. The first-order valence-electron chi connectivity index (χ1n) is 10.9. The number of aromatic nitrogens is 2. The van der Waals surface area contributed by atoms with Crippen molar-refractivity contribution in [3.8, 4) is 0 Å². The van der Waals surface area contributed by atoms with Crippen LogP contribution in [0.25, 0.3) is 0 Å². The molecule has 4 rings (SSSR count). The molecule has 2 aromatic carbocycles. The maximum atomic E-state index is 13.8. The molecule has 0 aliphatic carbocycles. The number of hydrogen-bond acceptors (Lipinski definition) is 7. The summed E-state index contributed by atoms with van der Waals surface area (Å²) in [6, 6.07) is 15.8. The van der Waals surface area contributed by atoms with Gasteiger partial charge >= 0.3 is 6.03 Å². The van der Waals surface area contributed by atoms with Crippen LogP contribution in [-0.4, -0.2) is 34.1 Å². The van der Waals surface area contributed by atoms with E-state index in [1.165, 1.54) is 17.2 Å². The number of rotatable bonds is 8. The summed E-state index contributed by atoms with van der Waals surface area (Å²) in [4.78, 5) is 37.5. The fourth-order valence-corrected chi connectivity index (χ4v) is 3.66. The minimum atomic E-state index is -0.337. The molecule has 182 valence electrons. The minimum absolute atomic E-state index is 0.168. The molecule has 0 saturated heterocycles. The number of para-hydroxylation sites is 1. The molecule has 11 heteroatoms. The Morgan fingerprint density at radius 3 is 2.47 bits per heavy atom. The molecule has 0 spiro atoms. The first-order chi connectivity index (χ1) is 17.4. The van der Waals surface area contributed by atoms with Crippen LogP contribution in [0.5, 0.6) is 0 Å². The van der Waals surface area contributed by atoms with Gasteiger partial charge in [0.05, 0.1) is 17.9 Å². The highest BCUT2D eigenvalue weighted by Gasteiger charge is 2.34. The van der Waals surface area contributed by atoms with Crippen molar-refractivity contribution in [1.82, 2.24) is 15.3 Å². The summed E-state index contributed by atoms with van der Waals surface area (Å²) in [5, 5.41) is 15.9. The highest BCUT2D eigenvalue weighted by Crippen LogP contribution is 2.36. The van der Waals surface area contributed by atoms with Crippen LogP contribution in [0.4, 0.5) is 33.6 Å². The predicted molar refractivity (Wildman–Crippen MR) is 142 cm³/mol. The lowest BCUT2D eigenvalue weighted by Gasteiger charge is -2.36. The topological polar surface area (TPSA) is 126 Å². The molecule has 0 radical (unpaired) electrons. The molecule has 3 aromatic rings. The van der Waals surface area contributed by atoms with Gasteiger partial charge < -0.3 is 16.0 Å². The summed E-state index contributed by atoms with van der Waals surface area (Å²) in [5.74, 6) is 0.218. The molecule has 0 unspecified atom stereocenters. The number of anilines is 5.